The monoisotopic (exact) mass is 344 g/mol. The van der Waals surface area contributed by atoms with E-state index in [0.717, 1.165) is 12.8 Å². The number of benzene rings is 1. The molecule has 5 nitrogen and oxygen atoms in total. The van der Waals surface area contributed by atoms with Crippen LogP contribution in [0.4, 0.5) is 5.69 Å². The molecule has 0 saturated heterocycles. The second-order valence-electron chi connectivity index (χ2n) is 7.35. The normalized spacial score (nSPS) is 28.9. The lowest BCUT2D eigenvalue weighted by molar-refractivity contribution is -0.129. The molecule has 2 amide bonds. The smallest absolute Gasteiger partial charge is 0.268 e. The summed E-state index contributed by atoms with van der Waals surface area (Å²) in [4.78, 5) is 26.9. The molecule has 2 aliphatic rings. The number of carbonyl (C=O) groups is 2. The van der Waals surface area contributed by atoms with Gasteiger partial charge < -0.3 is 10.1 Å². The summed E-state index contributed by atoms with van der Waals surface area (Å²) in [5.41, 5.74) is 0.678. The molecule has 0 spiro atoms. The van der Waals surface area contributed by atoms with Gasteiger partial charge in [-0.1, -0.05) is 45.7 Å². The van der Waals surface area contributed by atoms with E-state index in [9.17, 15) is 9.59 Å². The largest absolute Gasteiger partial charge is 0.478 e. The Kier molecular flexibility index (Phi) is 5.30. The fraction of sp³-hybridized carbons (Fsp3) is 0.600. The Balaban J connectivity index is 1.72. The van der Waals surface area contributed by atoms with Gasteiger partial charge in [0.2, 0.25) is 5.91 Å². The van der Waals surface area contributed by atoms with E-state index < -0.39 is 6.10 Å². The van der Waals surface area contributed by atoms with Crippen LogP contribution in [0.3, 0.4) is 0 Å². The summed E-state index contributed by atoms with van der Waals surface area (Å²) < 4.78 is 5.76. The second kappa shape index (κ2) is 7.46. The van der Waals surface area contributed by atoms with Crippen LogP contribution in [0.2, 0.25) is 0 Å². The molecule has 1 aliphatic heterocycles. The molecule has 0 bridgehead atoms. The summed E-state index contributed by atoms with van der Waals surface area (Å²) in [5.74, 6) is 1.52. The zero-order chi connectivity index (χ0) is 18.0. The first-order valence-electron chi connectivity index (χ1n) is 9.37. The van der Waals surface area contributed by atoms with Gasteiger partial charge in [-0.15, -0.1) is 0 Å². The standard InChI is InChI=1S/C20H28N2O3/c1-4-17-20(24)22(16-10-5-6-11-18(16)25-17)12-19(23)21-15-9-7-8-13(2)14(15)3/h5-6,10-11,13-15,17H,4,7-9,12H2,1-3H3,(H,21,23)/t13-,14+,15+,17-/m0/s1. The Morgan fingerprint density at radius 1 is 1.28 bits per heavy atom. The molecule has 0 radical (unpaired) electrons. The average molecular weight is 344 g/mol. The lowest BCUT2D eigenvalue weighted by Gasteiger charge is -2.36. The predicted molar refractivity (Wildman–Crippen MR) is 97.6 cm³/mol. The molecule has 1 heterocycles. The van der Waals surface area contributed by atoms with E-state index in [4.69, 9.17) is 4.74 Å². The van der Waals surface area contributed by atoms with E-state index in [0.29, 0.717) is 29.7 Å². The quantitative estimate of drug-likeness (QED) is 0.913. The van der Waals surface area contributed by atoms with Crippen LogP contribution < -0.4 is 15.0 Å². The number of rotatable bonds is 4. The summed E-state index contributed by atoms with van der Waals surface area (Å²) in [6, 6.07) is 7.62. The van der Waals surface area contributed by atoms with Crippen molar-refractivity contribution in [2.45, 2.75) is 58.6 Å². The highest BCUT2D eigenvalue weighted by Crippen LogP contribution is 2.34. The Morgan fingerprint density at radius 2 is 2.04 bits per heavy atom. The third-order valence-electron chi connectivity index (χ3n) is 5.69. The number of ether oxygens (including phenoxy) is 1. The first-order valence-corrected chi connectivity index (χ1v) is 9.37. The zero-order valence-corrected chi connectivity index (χ0v) is 15.3. The number of anilines is 1. The van der Waals surface area contributed by atoms with Crippen molar-refractivity contribution >= 4 is 17.5 Å². The molecule has 4 atom stereocenters. The number of hydrogen-bond acceptors (Lipinski definition) is 3. The highest BCUT2D eigenvalue weighted by Gasteiger charge is 2.35. The topological polar surface area (TPSA) is 58.6 Å². The fourth-order valence-electron chi connectivity index (χ4n) is 3.88. The van der Waals surface area contributed by atoms with Gasteiger partial charge in [-0.2, -0.15) is 0 Å². The molecule has 0 aromatic heterocycles. The van der Waals surface area contributed by atoms with Crippen LogP contribution in [0.25, 0.3) is 0 Å². The molecule has 1 aromatic rings. The van der Waals surface area contributed by atoms with E-state index >= 15 is 0 Å². The maximum absolute atomic E-state index is 12.7. The number of hydrogen-bond donors (Lipinski definition) is 1. The lowest BCUT2D eigenvalue weighted by Crippen LogP contribution is -2.52. The van der Waals surface area contributed by atoms with E-state index in [1.54, 1.807) is 4.90 Å². The van der Waals surface area contributed by atoms with Gasteiger partial charge in [0.05, 0.1) is 5.69 Å². The molecule has 1 saturated carbocycles. The average Bonchev–Trinajstić information content (AvgIpc) is 2.61. The lowest BCUT2D eigenvalue weighted by atomic mass is 9.78. The van der Waals surface area contributed by atoms with E-state index in [1.807, 2.05) is 31.2 Å². The third kappa shape index (κ3) is 3.65. The maximum Gasteiger partial charge on any atom is 0.268 e. The molecule has 1 N–H and O–H groups in total. The minimum absolute atomic E-state index is 0.0489. The molecule has 136 valence electrons. The molecular formula is C20H28N2O3. The number of fused-ring (bicyclic) bond motifs is 1. The van der Waals surface area contributed by atoms with Gasteiger partial charge >= 0.3 is 0 Å². The van der Waals surface area contributed by atoms with Crippen LogP contribution in [0.5, 0.6) is 5.75 Å². The maximum atomic E-state index is 12.7. The van der Waals surface area contributed by atoms with Gasteiger partial charge in [0, 0.05) is 6.04 Å². The highest BCUT2D eigenvalue weighted by atomic mass is 16.5. The van der Waals surface area contributed by atoms with E-state index in [2.05, 4.69) is 19.2 Å². The van der Waals surface area contributed by atoms with Gasteiger partial charge in [0.1, 0.15) is 12.3 Å². The summed E-state index contributed by atoms with van der Waals surface area (Å²) in [6.45, 7) is 6.42. The fourth-order valence-corrected chi connectivity index (χ4v) is 3.88. The summed E-state index contributed by atoms with van der Waals surface area (Å²) in [6.07, 6.45) is 3.45. The van der Waals surface area contributed by atoms with Gasteiger partial charge in [-0.05, 0) is 36.8 Å². The first kappa shape index (κ1) is 17.8. The van der Waals surface area contributed by atoms with Crippen molar-refractivity contribution < 1.29 is 14.3 Å². The zero-order valence-electron chi connectivity index (χ0n) is 15.3. The van der Waals surface area contributed by atoms with E-state index in [-0.39, 0.29) is 24.4 Å². The van der Waals surface area contributed by atoms with Crippen LogP contribution in [0, 0.1) is 11.8 Å². The van der Waals surface area contributed by atoms with Gasteiger partial charge in [-0.25, -0.2) is 0 Å². The van der Waals surface area contributed by atoms with Crippen molar-refractivity contribution in [1.29, 1.82) is 0 Å². The van der Waals surface area contributed by atoms with Crippen LogP contribution in [0.15, 0.2) is 24.3 Å². The summed E-state index contributed by atoms with van der Waals surface area (Å²) in [5, 5.41) is 3.16. The molecule has 1 aliphatic carbocycles. The first-order chi connectivity index (χ1) is 12.0. The number of para-hydroxylation sites is 2. The number of nitrogens with one attached hydrogen (secondary N) is 1. The van der Waals surface area contributed by atoms with E-state index in [1.165, 1.54) is 6.42 Å². The SMILES string of the molecule is CC[C@@H]1Oc2ccccc2N(CC(=O)N[C@@H]2CCC[C@H](C)[C@H]2C)C1=O. The van der Waals surface area contributed by atoms with Gasteiger partial charge in [-0.3, -0.25) is 14.5 Å². The Hall–Kier alpha value is -2.04. The van der Waals surface area contributed by atoms with Crippen molar-refractivity contribution in [3.05, 3.63) is 24.3 Å². The summed E-state index contributed by atoms with van der Waals surface area (Å²) >= 11 is 0. The van der Waals surface area contributed by atoms with Crippen molar-refractivity contribution in [2.24, 2.45) is 11.8 Å². The van der Waals surface area contributed by atoms with Crippen molar-refractivity contribution in [3.63, 3.8) is 0 Å². The van der Waals surface area contributed by atoms with Crippen LogP contribution >= 0.6 is 0 Å². The van der Waals surface area contributed by atoms with Crippen molar-refractivity contribution in [3.8, 4) is 5.75 Å². The third-order valence-corrected chi connectivity index (χ3v) is 5.69. The molecule has 1 aromatic carbocycles. The summed E-state index contributed by atoms with van der Waals surface area (Å²) in [7, 11) is 0. The second-order valence-corrected chi connectivity index (χ2v) is 7.35. The van der Waals surface area contributed by atoms with Crippen LogP contribution in [0.1, 0.15) is 46.5 Å². The van der Waals surface area contributed by atoms with Crippen molar-refractivity contribution in [2.75, 3.05) is 11.4 Å². The minimum Gasteiger partial charge on any atom is -0.478 e. The van der Waals surface area contributed by atoms with Crippen LogP contribution in [-0.4, -0.2) is 30.5 Å². The molecule has 1 fully saturated rings. The van der Waals surface area contributed by atoms with Crippen molar-refractivity contribution in [1.82, 2.24) is 5.32 Å². The number of amides is 2. The minimum atomic E-state index is -0.517. The molecule has 0 unspecified atom stereocenters. The van der Waals surface area contributed by atoms with Crippen LogP contribution in [-0.2, 0) is 9.59 Å². The number of nitrogens with zero attached hydrogens (tertiary/aromatic N) is 1. The predicted octanol–water partition coefficient (Wildman–Crippen LogP) is 3.13. The molecule has 5 heteroatoms. The molecule has 3 rings (SSSR count). The molecule has 25 heavy (non-hydrogen) atoms. The molecular weight excluding hydrogens is 316 g/mol. The Morgan fingerprint density at radius 3 is 2.80 bits per heavy atom. The number of carbonyl (C=O) groups excluding carboxylic acids is 2. The van der Waals surface area contributed by atoms with Gasteiger partial charge in [0.15, 0.2) is 6.10 Å². The highest BCUT2D eigenvalue weighted by molar-refractivity contribution is 6.03. The van der Waals surface area contributed by atoms with Gasteiger partial charge in [0.25, 0.3) is 5.91 Å². The Bertz CT molecular complexity index is 646. The Labute approximate surface area is 149 Å².